The number of nitrogens with two attached hydrogens (primary N) is 1. The highest BCUT2D eigenvalue weighted by Crippen LogP contribution is 2.25. The van der Waals surface area contributed by atoms with Crippen LogP contribution in [0.2, 0.25) is 0 Å². The van der Waals surface area contributed by atoms with Crippen LogP contribution < -0.4 is 10.6 Å². The third kappa shape index (κ3) is 4.50. The van der Waals surface area contributed by atoms with Gasteiger partial charge in [0, 0.05) is 19.3 Å². The summed E-state index contributed by atoms with van der Waals surface area (Å²) in [6.07, 6.45) is 1.71. The van der Waals surface area contributed by atoms with E-state index in [4.69, 9.17) is 5.73 Å². The average Bonchev–Trinajstić information content (AvgIpc) is 2.19. The number of halogens is 1. The fourth-order valence-electron chi connectivity index (χ4n) is 1.72. The largest absolute Gasteiger partial charge is 0.368 e. The number of nitrogen functional groups attached to an aromatic ring is 1. The molecule has 4 nitrogen and oxygen atoms in total. The third-order valence-corrected chi connectivity index (χ3v) is 2.77. The molecule has 0 radical (unpaired) electrons. The molecule has 0 unspecified atom stereocenters. The lowest BCUT2D eigenvalue weighted by Crippen LogP contribution is -2.32. The van der Waals surface area contributed by atoms with E-state index in [1.807, 2.05) is 0 Å². The van der Waals surface area contributed by atoms with E-state index in [2.05, 4.69) is 58.5 Å². The van der Waals surface area contributed by atoms with Gasteiger partial charge in [0.25, 0.3) is 0 Å². The molecule has 0 amide bonds. The molecule has 0 atom stereocenters. The summed E-state index contributed by atoms with van der Waals surface area (Å²) in [7, 11) is 0. The zero-order valence-electron chi connectivity index (χ0n) is 10.9. The van der Waals surface area contributed by atoms with Crippen LogP contribution >= 0.6 is 15.9 Å². The molecule has 1 rings (SSSR count). The van der Waals surface area contributed by atoms with Crippen molar-refractivity contribution in [1.29, 1.82) is 0 Å². The summed E-state index contributed by atoms with van der Waals surface area (Å²) in [5.41, 5.74) is 5.66. The second-order valence-corrected chi connectivity index (χ2v) is 5.95. The molecule has 17 heavy (non-hydrogen) atoms. The summed E-state index contributed by atoms with van der Waals surface area (Å²) in [6.45, 7) is 10.7. The van der Waals surface area contributed by atoms with Crippen LogP contribution in [0, 0.1) is 11.8 Å². The molecule has 0 saturated heterocycles. The van der Waals surface area contributed by atoms with Crippen LogP contribution in [-0.4, -0.2) is 23.1 Å². The zero-order chi connectivity index (χ0) is 13.0. The molecule has 0 aliphatic rings. The number of hydrogen-bond donors (Lipinski definition) is 1. The van der Waals surface area contributed by atoms with Gasteiger partial charge < -0.3 is 10.6 Å². The summed E-state index contributed by atoms with van der Waals surface area (Å²) in [5.74, 6) is 2.37. The van der Waals surface area contributed by atoms with Gasteiger partial charge in [-0.2, -0.15) is 4.98 Å². The van der Waals surface area contributed by atoms with E-state index in [0.29, 0.717) is 17.8 Å². The fraction of sp³-hybridized carbons (Fsp3) is 0.667. The third-order valence-electron chi connectivity index (χ3n) is 2.21. The Morgan fingerprint density at radius 3 is 2.24 bits per heavy atom. The molecule has 0 aliphatic heterocycles. The maximum atomic E-state index is 5.66. The smallest absolute Gasteiger partial charge is 0.222 e. The maximum absolute atomic E-state index is 5.66. The molecule has 2 N–H and O–H groups in total. The van der Waals surface area contributed by atoms with Crippen LogP contribution in [0.1, 0.15) is 27.7 Å². The van der Waals surface area contributed by atoms with E-state index in [1.165, 1.54) is 0 Å². The lowest BCUT2D eigenvalue weighted by atomic mass is 10.1. The van der Waals surface area contributed by atoms with Crippen molar-refractivity contribution in [2.75, 3.05) is 23.7 Å². The van der Waals surface area contributed by atoms with Crippen LogP contribution in [0.3, 0.4) is 0 Å². The lowest BCUT2D eigenvalue weighted by molar-refractivity contribution is 0.548. The highest BCUT2D eigenvalue weighted by Gasteiger charge is 2.15. The van der Waals surface area contributed by atoms with Gasteiger partial charge in [-0.1, -0.05) is 27.7 Å². The van der Waals surface area contributed by atoms with Gasteiger partial charge in [0.05, 0.1) is 4.47 Å². The molecule has 96 valence electrons. The lowest BCUT2D eigenvalue weighted by Gasteiger charge is -2.28. The topological polar surface area (TPSA) is 55.0 Å². The highest BCUT2D eigenvalue weighted by atomic mass is 79.9. The Balaban J connectivity index is 2.98. The molecule has 5 heteroatoms. The highest BCUT2D eigenvalue weighted by molar-refractivity contribution is 9.10. The Kier molecular flexibility index (Phi) is 5.18. The van der Waals surface area contributed by atoms with Crippen molar-refractivity contribution in [3.05, 3.63) is 10.7 Å². The van der Waals surface area contributed by atoms with Crippen molar-refractivity contribution in [2.24, 2.45) is 11.8 Å². The molecule has 1 aromatic heterocycles. The van der Waals surface area contributed by atoms with Crippen molar-refractivity contribution in [2.45, 2.75) is 27.7 Å². The van der Waals surface area contributed by atoms with Crippen molar-refractivity contribution in [3.8, 4) is 0 Å². The van der Waals surface area contributed by atoms with Crippen molar-refractivity contribution in [3.63, 3.8) is 0 Å². The number of aromatic nitrogens is 2. The normalized spacial score (nSPS) is 11.2. The second kappa shape index (κ2) is 6.19. The van der Waals surface area contributed by atoms with Crippen LogP contribution in [0.5, 0.6) is 0 Å². The van der Waals surface area contributed by atoms with E-state index in [1.54, 1.807) is 6.20 Å². The number of rotatable bonds is 5. The zero-order valence-corrected chi connectivity index (χ0v) is 12.5. The van der Waals surface area contributed by atoms with Crippen molar-refractivity contribution >= 4 is 27.7 Å². The first-order chi connectivity index (χ1) is 7.90. The molecule has 0 aromatic carbocycles. The summed E-state index contributed by atoms with van der Waals surface area (Å²) in [5, 5.41) is 0. The monoisotopic (exact) mass is 300 g/mol. The van der Waals surface area contributed by atoms with E-state index in [0.717, 1.165) is 23.4 Å². The van der Waals surface area contributed by atoms with E-state index in [9.17, 15) is 0 Å². The van der Waals surface area contributed by atoms with Crippen LogP contribution in [0.4, 0.5) is 11.8 Å². The molecule has 0 aliphatic carbocycles. The molecular weight excluding hydrogens is 280 g/mol. The molecule has 0 bridgehead atoms. The molecule has 1 heterocycles. The number of nitrogens with zero attached hydrogens (tertiary/aromatic N) is 3. The predicted octanol–water partition coefficient (Wildman–Crippen LogP) is 2.94. The number of hydrogen-bond acceptors (Lipinski definition) is 4. The van der Waals surface area contributed by atoms with Gasteiger partial charge in [-0.15, -0.1) is 0 Å². The second-order valence-electron chi connectivity index (χ2n) is 5.09. The number of anilines is 2. The van der Waals surface area contributed by atoms with Gasteiger partial charge in [0.2, 0.25) is 5.95 Å². The minimum absolute atomic E-state index is 0.320. The Hall–Kier alpha value is -0.840. The summed E-state index contributed by atoms with van der Waals surface area (Å²) in [6, 6.07) is 0. The van der Waals surface area contributed by atoms with E-state index in [-0.39, 0.29) is 0 Å². The van der Waals surface area contributed by atoms with Crippen molar-refractivity contribution < 1.29 is 0 Å². The standard InChI is InChI=1S/C12H21BrN4/c1-8(2)6-17(7-9(3)4)11-10(13)5-15-12(14)16-11/h5,8-9H,6-7H2,1-4H3,(H2,14,15,16). The van der Waals surface area contributed by atoms with Gasteiger partial charge in [-0.05, 0) is 27.8 Å². The molecule has 0 saturated carbocycles. The van der Waals surface area contributed by atoms with Gasteiger partial charge in [0.1, 0.15) is 5.82 Å². The summed E-state index contributed by atoms with van der Waals surface area (Å²) in [4.78, 5) is 10.6. The average molecular weight is 301 g/mol. The first-order valence-corrected chi connectivity index (χ1v) is 6.72. The minimum atomic E-state index is 0.320. The minimum Gasteiger partial charge on any atom is -0.368 e. The van der Waals surface area contributed by atoms with Crippen molar-refractivity contribution in [1.82, 2.24) is 9.97 Å². The van der Waals surface area contributed by atoms with E-state index < -0.39 is 0 Å². The molecule has 0 fully saturated rings. The summed E-state index contributed by atoms with van der Waals surface area (Å²) < 4.78 is 0.896. The first kappa shape index (κ1) is 14.2. The van der Waals surface area contributed by atoms with Gasteiger partial charge in [-0.3, -0.25) is 0 Å². The SMILES string of the molecule is CC(C)CN(CC(C)C)c1nc(N)ncc1Br. The summed E-state index contributed by atoms with van der Waals surface area (Å²) >= 11 is 3.49. The maximum Gasteiger partial charge on any atom is 0.222 e. The van der Waals surface area contributed by atoms with Crippen LogP contribution in [-0.2, 0) is 0 Å². The van der Waals surface area contributed by atoms with Gasteiger partial charge >= 0.3 is 0 Å². The molecule has 0 spiro atoms. The first-order valence-electron chi connectivity index (χ1n) is 5.93. The van der Waals surface area contributed by atoms with Crippen LogP contribution in [0.25, 0.3) is 0 Å². The predicted molar refractivity (Wildman–Crippen MR) is 76.0 cm³/mol. The molecule has 1 aromatic rings. The Morgan fingerprint density at radius 1 is 1.24 bits per heavy atom. The van der Waals surface area contributed by atoms with Gasteiger partial charge in [0.15, 0.2) is 0 Å². The van der Waals surface area contributed by atoms with Gasteiger partial charge in [-0.25, -0.2) is 4.98 Å². The Bertz CT molecular complexity index is 356. The quantitative estimate of drug-likeness (QED) is 0.908. The van der Waals surface area contributed by atoms with Crippen LogP contribution in [0.15, 0.2) is 10.7 Å². The Labute approximate surface area is 112 Å². The Morgan fingerprint density at radius 2 is 1.76 bits per heavy atom. The molecular formula is C12H21BrN4. The van der Waals surface area contributed by atoms with E-state index >= 15 is 0 Å². The fourth-order valence-corrected chi connectivity index (χ4v) is 2.16.